The second kappa shape index (κ2) is 7.89. The summed E-state index contributed by atoms with van der Waals surface area (Å²) in [5.74, 6) is -0.764. The highest BCUT2D eigenvalue weighted by Gasteiger charge is 2.38. The van der Waals surface area contributed by atoms with Crippen LogP contribution in [0.25, 0.3) is 16.5 Å². The molecular formula is C21H18ClF3N2O3S. The van der Waals surface area contributed by atoms with E-state index in [1.54, 1.807) is 24.3 Å². The highest BCUT2D eigenvalue weighted by Crippen LogP contribution is 2.43. The van der Waals surface area contributed by atoms with E-state index in [2.05, 4.69) is 4.74 Å². The van der Waals surface area contributed by atoms with Crippen LogP contribution in [0.15, 0.2) is 59.5 Å². The lowest BCUT2D eigenvalue weighted by atomic mass is 9.98. The normalized spacial score (nSPS) is 15.8. The van der Waals surface area contributed by atoms with E-state index in [1.807, 2.05) is 11.9 Å². The van der Waals surface area contributed by atoms with Crippen LogP contribution in [0.5, 0.6) is 5.88 Å². The van der Waals surface area contributed by atoms with Crippen molar-refractivity contribution in [3.8, 4) is 5.88 Å². The Morgan fingerprint density at radius 1 is 1.06 bits per heavy atom. The molecule has 10 heteroatoms. The Morgan fingerprint density at radius 3 is 2.35 bits per heavy atom. The molecule has 0 fully saturated rings. The van der Waals surface area contributed by atoms with Gasteiger partial charge < -0.3 is 9.64 Å². The minimum atomic E-state index is -5.08. The summed E-state index contributed by atoms with van der Waals surface area (Å²) in [5, 5.41) is 0.676. The predicted octanol–water partition coefficient (Wildman–Crippen LogP) is 5.15. The van der Waals surface area contributed by atoms with Crippen LogP contribution in [0.1, 0.15) is 12.0 Å². The van der Waals surface area contributed by atoms with Gasteiger partial charge in [-0.15, -0.1) is 13.2 Å². The second-order valence-electron chi connectivity index (χ2n) is 7.21. The summed E-state index contributed by atoms with van der Waals surface area (Å²) in [4.78, 5) is 1.81. The van der Waals surface area contributed by atoms with Crippen LogP contribution in [-0.2, 0) is 10.0 Å². The van der Waals surface area contributed by atoms with Crippen molar-refractivity contribution in [2.75, 3.05) is 20.1 Å². The average molecular weight is 471 g/mol. The molecular weight excluding hydrogens is 453 g/mol. The zero-order chi connectivity index (χ0) is 22.4. The largest absolute Gasteiger partial charge is 0.574 e. The van der Waals surface area contributed by atoms with E-state index in [4.69, 9.17) is 11.6 Å². The van der Waals surface area contributed by atoms with Crippen molar-refractivity contribution in [1.29, 1.82) is 0 Å². The quantitative estimate of drug-likeness (QED) is 0.529. The number of para-hydroxylation sites is 1. The van der Waals surface area contributed by atoms with E-state index in [1.165, 1.54) is 30.3 Å². The van der Waals surface area contributed by atoms with E-state index in [0.29, 0.717) is 39.5 Å². The first-order chi connectivity index (χ1) is 14.6. The van der Waals surface area contributed by atoms with Gasteiger partial charge in [0.2, 0.25) is 5.88 Å². The maximum atomic E-state index is 13.5. The summed E-state index contributed by atoms with van der Waals surface area (Å²) in [6.45, 7) is 1.16. The molecule has 2 heterocycles. The van der Waals surface area contributed by atoms with Gasteiger partial charge in [0.15, 0.2) is 0 Å². The molecule has 0 aliphatic carbocycles. The number of ether oxygens (including phenoxy) is 1. The third kappa shape index (κ3) is 4.17. The lowest BCUT2D eigenvalue weighted by molar-refractivity contribution is -0.276. The summed E-state index contributed by atoms with van der Waals surface area (Å²) in [5.41, 5.74) is 0.851. The maximum Gasteiger partial charge on any atom is 0.574 e. The highest BCUT2D eigenvalue weighted by molar-refractivity contribution is 7.90. The molecule has 5 nitrogen and oxygen atoms in total. The van der Waals surface area contributed by atoms with Gasteiger partial charge in [-0.25, -0.2) is 12.4 Å². The van der Waals surface area contributed by atoms with Crippen LogP contribution >= 0.6 is 11.6 Å². The number of aromatic nitrogens is 1. The monoisotopic (exact) mass is 470 g/mol. The van der Waals surface area contributed by atoms with Crippen molar-refractivity contribution in [1.82, 2.24) is 8.87 Å². The Bertz CT molecular complexity index is 1270. The molecule has 0 atom stereocenters. The maximum absolute atomic E-state index is 13.5. The number of hydrogen-bond donors (Lipinski definition) is 0. The van der Waals surface area contributed by atoms with Crippen molar-refractivity contribution in [3.63, 3.8) is 0 Å². The number of hydrogen-bond acceptors (Lipinski definition) is 4. The van der Waals surface area contributed by atoms with Gasteiger partial charge in [-0.1, -0.05) is 35.9 Å². The fourth-order valence-electron chi connectivity index (χ4n) is 3.65. The van der Waals surface area contributed by atoms with Crippen LogP contribution in [0, 0.1) is 0 Å². The van der Waals surface area contributed by atoms with Gasteiger partial charge in [-0.05, 0) is 49.4 Å². The molecule has 2 aromatic carbocycles. The number of rotatable bonds is 4. The lowest BCUT2D eigenvalue weighted by Crippen LogP contribution is -2.25. The summed E-state index contributed by atoms with van der Waals surface area (Å²) in [7, 11) is -2.52. The summed E-state index contributed by atoms with van der Waals surface area (Å²) < 4.78 is 72.2. The zero-order valence-electron chi connectivity index (χ0n) is 16.4. The van der Waals surface area contributed by atoms with Gasteiger partial charge in [-0.2, -0.15) is 0 Å². The van der Waals surface area contributed by atoms with Crippen LogP contribution in [0.2, 0.25) is 5.02 Å². The number of nitrogens with zero attached hydrogens (tertiary/aromatic N) is 2. The molecule has 0 saturated heterocycles. The lowest BCUT2D eigenvalue weighted by Gasteiger charge is -2.23. The number of halogens is 4. The molecule has 4 rings (SSSR count). The van der Waals surface area contributed by atoms with Gasteiger partial charge >= 0.3 is 6.36 Å². The zero-order valence-corrected chi connectivity index (χ0v) is 17.9. The summed E-state index contributed by atoms with van der Waals surface area (Å²) in [6.07, 6.45) is -2.82. The first kappa shape index (κ1) is 21.7. The molecule has 0 bridgehead atoms. The minimum absolute atomic E-state index is 0.103. The number of fused-ring (bicyclic) bond motifs is 1. The standard InChI is InChI=1S/C21H18ClF3N2O3S/c1-26-12-10-14(11-13-26)19-17-4-2-3-5-18(17)27(20(19)30-21(23,24)25)31(28,29)16-8-6-15(22)7-9-16/h2-10H,11-13H2,1H3. The third-order valence-corrected chi connectivity index (χ3v) is 7.05. The molecule has 0 unspecified atom stereocenters. The van der Waals surface area contributed by atoms with Gasteiger partial charge in [0.1, 0.15) is 0 Å². The van der Waals surface area contributed by atoms with Gasteiger partial charge in [0, 0.05) is 29.1 Å². The molecule has 3 aromatic rings. The molecule has 0 spiro atoms. The molecule has 0 radical (unpaired) electrons. The fraction of sp³-hybridized carbons (Fsp3) is 0.238. The van der Waals surface area contributed by atoms with E-state index in [0.717, 1.165) is 0 Å². The molecule has 1 aromatic heterocycles. The van der Waals surface area contributed by atoms with Crippen LogP contribution in [0.3, 0.4) is 0 Å². The van der Waals surface area contributed by atoms with Crippen molar-refractivity contribution in [2.45, 2.75) is 17.7 Å². The first-order valence-electron chi connectivity index (χ1n) is 9.36. The van der Waals surface area contributed by atoms with Crippen LogP contribution < -0.4 is 4.74 Å². The van der Waals surface area contributed by atoms with Crippen LogP contribution in [-0.4, -0.2) is 43.8 Å². The molecule has 31 heavy (non-hydrogen) atoms. The molecule has 164 valence electrons. The van der Waals surface area contributed by atoms with E-state index in [-0.39, 0.29) is 16.0 Å². The molecule has 1 aliphatic rings. The summed E-state index contributed by atoms with van der Waals surface area (Å²) in [6, 6.07) is 11.5. The Balaban J connectivity index is 2.05. The smallest absolute Gasteiger partial charge is 0.388 e. The highest BCUT2D eigenvalue weighted by atomic mass is 35.5. The SMILES string of the molecule is CN1CC=C(c2c(OC(F)(F)F)n(S(=O)(=O)c3ccc(Cl)cc3)c3ccccc23)CC1. The van der Waals surface area contributed by atoms with Crippen molar-refractivity contribution < 1.29 is 26.3 Å². The Morgan fingerprint density at radius 2 is 1.74 bits per heavy atom. The molecule has 0 amide bonds. The molecule has 1 aliphatic heterocycles. The second-order valence-corrected chi connectivity index (χ2v) is 9.43. The molecule has 0 N–H and O–H groups in total. The minimum Gasteiger partial charge on any atom is -0.388 e. The first-order valence-corrected chi connectivity index (χ1v) is 11.2. The molecule has 0 saturated carbocycles. The average Bonchev–Trinajstić information content (AvgIpc) is 3.01. The summed E-state index contributed by atoms with van der Waals surface area (Å²) >= 11 is 5.85. The Kier molecular flexibility index (Phi) is 5.53. The van der Waals surface area contributed by atoms with Crippen molar-refractivity contribution in [2.24, 2.45) is 0 Å². The van der Waals surface area contributed by atoms with Crippen molar-refractivity contribution >= 4 is 38.1 Å². The van der Waals surface area contributed by atoms with E-state index < -0.39 is 22.3 Å². The number of benzene rings is 2. The van der Waals surface area contributed by atoms with E-state index >= 15 is 0 Å². The third-order valence-electron chi connectivity index (χ3n) is 5.09. The number of alkyl halides is 3. The topological polar surface area (TPSA) is 51.5 Å². The van der Waals surface area contributed by atoms with Gasteiger partial charge in [-0.3, -0.25) is 0 Å². The number of likely N-dealkylation sites (N-methyl/N-ethyl adjacent to an activating group) is 1. The van der Waals surface area contributed by atoms with Gasteiger partial charge in [0.05, 0.1) is 10.4 Å². The predicted molar refractivity (Wildman–Crippen MR) is 113 cm³/mol. The van der Waals surface area contributed by atoms with Crippen molar-refractivity contribution in [3.05, 3.63) is 65.2 Å². The van der Waals surface area contributed by atoms with E-state index in [9.17, 15) is 21.6 Å². The Labute approximate surface area is 182 Å². The fourth-order valence-corrected chi connectivity index (χ4v) is 5.23. The Hall–Kier alpha value is -2.49. The van der Waals surface area contributed by atoms with Gasteiger partial charge in [0.25, 0.3) is 10.0 Å². The van der Waals surface area contributed by atoms with Crippen LogP contribution in [0.4, 0.5) is 13.2 Å².